The zero-order valence-electron chi connectivity index (χ0n) is 43.3. The summed E-state index contributed by atoms with van der Waals surface area (Å²) in [5, 5.41) is 20.8. The Morgan fingerprint density at radius 3 is 0.986 bits per heavy atom. The molecule has 0 aliphatic carbocycles. The predicted molar refractivity (Wildman–Crippen MR) is 321 cm³/mol. The maximum absolute atomic E-state index is 6.15. The van der Waals surface area contributed by atoms with Gasteiger partial charge in [0.25, 0.3) is 0 Å². The van der Waals surface area contributed by atoms with Crippen LogP contribution in [0.3, 0.4) is 0 Å². The summed E-state index contributed by atoms with van der Waals surface area (Å²) in [5.41, 5.74) is 9.42. The van der Waals surface area contributed by atoms with Gasteiger partial charge in [0, 0.05) is 14.1 Å². The molecule has 0 aliphatic heterocycles. The Morgan fingerprint density at radius 2 is 0.676 bits per heavy atom. The standard InChI is InChI=1S/C51H47N2P2.3C2H6N.2CH2Cl2.Zr/c1-36-31-38(3)50(39(4)32-36)52-54(42-21-11-7-12-22-42,43-23-13-8-14-24-43)48-35-49(47-30-20-19-29-46(47)48)55(44-25-15-9-16-26-44,45-27-17-10-18-28-45)53-51-40(5)33-37(2)34-41(51)6;3*1-3-2;2*2-1-3;/h7-35H,1-6H3;3*1-2H3;2*1H2;/q4*-1;;;+4. The van der Waals surface area contributed by atoms with E-state index in [0.29, 0.717) is 0 Å². The molecule has 0 amide bonds. The van der Waals surface area contributed by atoms with E-state index in [1.54, 1.807) is 42.3 Å². The molecule has 0 aromatic heterocycles. The zero-order chi connectivity index (χ0) is 51.7. The first kappa shape index (κ1) is 63.6. The third-order valence-electron chi connectivity index (χ3n) is 10.7. The fraction of sp³-hybridized carbons (Fsp3) is 0.237. The van der Waals surface area contributed by atoms with Crippen molar-refractivity contribution in [3.63, 3.8) is 0 Å². The van der Waals surface area contributed by atoms with Crippen LogP contribution in [-0.2, 0) is 26.2 Å². The van der Waals surface area contributed by atoms with Crippen molar-refractivity contribution in [2.45, 2.75) is 41.5 Å². The molecule has 5 nitrogen and oxygen atoms in total. The van der Waals surface area contributed by atoms with Gasteiger partial charge in [-0.2, -0.15) is 42.3 Å². The molecule has 8 aromatic rings. The van der Waals surface area contributed by atoms with Crippen molar-refractivity contribution in [2.24, 2.45) is 9.49 Å². The van der Waals surface area contributed by atoms with Crippen LogP contribution in [0, 0.1) is 41.5 Å². The van der Waals surface area contributed by atoms with Gasteiger partial charge in [-0.3, -0.25) is 9.49 Å². The SMILES string of the molecule is C[N-]C.C[N-]C.C[N-]C.Cc1cc(C)c(N=P(c2ccccc2)(c2ccccc2)c2cc(P(=Nc3c(C)cc(C)cc3C)(c3ccccc3)c3ccccc3)[c-]3ccccc23)c(C)c1.ClCCl.ClCCl.[Zr+4]. The summed E-state index contributed by atoms with van der Waals surface area (Å²) in [6.45, 7) is 13.2. The number of fused-ring (bicyclic) bond motifs is 1. The van der Waals surface area contributed by atoms with Gasteiger partial charge in [-0.05, 0) is 85.0 Å². The number of benzene rings is 7. The molecule has 0 spiro atoms. The Bertz CT molecular complexity index is 2560. The van der Waals surface area contributed by atoms with Crippen LogP contribution >= 0.6 is 60.5 Å². The molecule has 0 fully saturated rings. The Morgan fingerprint density at radius 1 is 0.408 bits per heavy atom. The van der Waals surface area contributed by atoms with E-state index in [2.05, 4.69) is 233 Å². The summed E-state index contributed by atoms with van der Waals surface area (Å²) in [6, 6.07) is 64.9. The summed E-state index contributed by atoms with van der Waals surface area (Å²) in [7, 11) is 5.04. The Hall–Kier alpha value is -3.47. The number of aryl methyl sites for hydroxylation is 6. The van der Waals surface area contributed by atoms with Crippen LogP contribution in [0.1, 0.15) is 33.4 Å². The molecule has 0 saturated heterocycles. The van der Waals surface area contributed by atoms with Crippen LogP contribution in [0.25, 0.3) is 26.7 Å². The number of hydrogen-bond donors (Lipinski definition) is 0. The molecular formula is C59H69Cl4N5P2Zr. The van der Waals surface area contributed by atoms with E-state index in [4.69, 9.17) is 55.9 Å². The molecule has 8 rings (SSSR count). The summed E-state index contributed by atoms with van der Waals surface area (Å²) >= 11 is 19.1. The monoisotopic (exact) mass is 1140 g/mol. The summed E-state index contributed by atoms with van der Waals surface area (Å²) < 4.78 is 12.3. The van der Waals surface area contributed by atoms with Crippen molar-refractivity contribution in [2.75, 3.05) is 53.0 Å². The van der Waals surface area contributed by atoms with Crippen LogP contribution in [0.5, 0.6) is 0 Å². The molecule has 0 bridgehead atoms. The molecular weight excluding hydrogens is 1070 g/mol. The fourth-order valence-corrected chi connectivity index (χ4v) is 16.3. The van der Waals surface area contributed by atoms with E-state index in [1.807, 2.05) is 0 Å². The second-order valence-corrected chi connectivity index (χ2v) is 23.9. The summed E-state index contributed by atoms with van der Waals surface area (Å²) in [4.78, 5) is 0. The average Bonchev–Trinajstić information content (AvgIpc) is 3.74. The molecule has 0 saturated carbocycles. The largest absolute Gasteiger partial charge is 4.00 e. The first-order valence-corrected chi connectivity index (χ1v) is 28.4. The van der Waals surface area contributed by atoms with Crippen molar-refractivity contribution in [1.82, 2.24) is 0 Å². The summed E-state index contributed by atoms with van der Waals surface area (Å²) in [6.07, 6.45) is 0. The van der Waals surface area contributed by atoms with Gasteiger partial charge in [0.05, 0.1) is 22.1 Å². The number of hydrogen-bond acceptors (Lipinski definition) is 2. The van der Waals surface area contributed by atoms with Crippen molar-refractivity contribution in [1.29, 1.82) is 0 Å². The van der Waals surface area contributed by atoms with Gasteiger partial charge >= 0.3 is 26.2 Å². The van der Waals surface area contributed by atoms with Gasteiger partial charge in [-0.15, -0.1) is 82.1 Å². The minimum absolute atomic E-state index is 0. The van der Waals surface area contributed by atoms with Gasteiger partial charge in [0.15, 0.2) is 0 Å². The molecule has 8 aromatic carbocycles. The number of nitrogens with zero attached hydrogens (tertiary/aromatic N) is 5. The smallest absolute Gasteiger partial charge is 0.668 e. The first-order chi connectivity index (χ1) is 33.8. The molecule has 0 radical (unpaired) electrons. The topological polar surface area (TPSA) is 67.0 Å². The van der Waals surface area contributed by atoms with Gasteiger partial charge in [0.1, 0.15) is 0 Å². The molecule has 372 valence electrons. The predicted octanol–water partition coefficient (Wildman–Crippen LogP) is 16.7. The van der Waals surface area contributed by atoms with E-state index in [0.717, 1.165) is 11.4 Å². The second-order valence-electron chi connectivity index (χ2n) is 16.3. The first-order valence-electron chi connectivity index (χ1n) is 22.8. The molecule has 0 aliphatic rings. The number of alkyl halides is 4. The Balaban J connectivity index is 0.000000965. The zero-order valence-corrected chi connectivity index (χ0v) is 50.6. The van der Waals surface area contributed by atoms with Crippen molar-refractivity contribution < 1.29 is 26.2 Å². The van der Waals surface area contributed by atoms with Gasteiger partial charge in [0.2, 0.25) is 0 Å². The molecule has 0 heterocycles. The minimum atomic E-state index is -2.73. The minimum Gasteiger partial charge on any atom is -0.668 e. The fourth-order valence-electron chi connectivity index (χ4n) is 8.48. The molecule has 0 unspecified atom stereocenters. The van der Waals surface area contributed by atoms with E-state index in [9.17, 15) is 0 Å². The van der Waals surface area contributed by atoms with Crippen molar-refractivity contribution >= 4 is 114 Å². The van der Waals surface area contributed by atoms with Gasteiger partial charge in [-0.25, -0.2) is 0 Å². The van der Waals surface area contributed by atoms with Crippen LogP contribution in [0.2, 0.25) is 0 Å². The Labute approximate surface area is 466 Å². The quantitative estimate of drug-likeness (QED) is 0.0827. The molecule has 12 heteroatoms. The summed E-state index contributed by atoms with van der Waals surface area (Å²) in [5.74, 6) is 0. The maximum Gasteiger partial charge on any atom is 4.00 e. The van der Waals surface area contributed by atoms with Crippen LogP contribution < -0.4 is 31.8 Å². The number of halogens is 4. The van der Waals surface area contributed by atoms with E-state index >= 15 is 0 Å². The third kappa shape index (κ3) is 16.5. The third-order valence-corrected chi connectivity index (χ3v) is 18.1. The molecule has 0 N–H and O–H groups in total. The average molecular weight is 1140 g/mol. The van der Waals surface area contributed by atoms with E-state index < -0.39 is 14.1 Å². The molecule has 0 atom stereocenters. The van der Waals surface area contributed by atoms with Crippen LogP contribution in [-0.4, -0.2) is 53.0 Å². The van der Waals surface area contributed by atoms with E-state index in [-0.39, 0.29) is 36.9 Å². The second kappa shape index (κ2) is 33.4. The van der Waals surface area contributed by atoms with Gasteiger partial charge in [-0.1, -0.05) is 173 Å². The van der Waals surface area contributed by atoms with Crippen LogP contribution in [0.15, 0.2) is 185 Å². The van der Waals surface area contributed by atoms with Crippen molar-refractivity contribution in [3.8, 4) is 0 Å². The Kier molecular flexibility index (Phi) is 29.9. The number of rotatable bonds is 8. The van der Waals surface area contributed by atoms with Crippen molar-refractivity contribution in [3.05, 3.63) is 225 Å². The van der Waals surface area contributed by atoms with E-state index in [1.165, 1.54) is 76.0 Å². The normalized spacial score (nSPS) is 10.4. The maximum atomic E-state index is 6.15. The molecule has 71 heavy (non-hydrogen) atoms. The van der Waals surface area contributed by atoms with Crippen LogP contribution in [0.4, 0.5) is 11.4 Å². The van der Waals surface area contributed by atoms with Gasteiger partial charge < -0.3 is 16.0 Å².